The molecule has 0 aliphatic carbocycles. The van der Waals surface area contributed by atoms with Crippen molar-refractivity contribution in [2.24, 2.45) is 0 Å². The SMILES string of the molecule is CC(C)NC(=O)CN1CCOCC1C#N. The molecule has 0 aromatic rings. The Morgan fingerprint density at radius 3 is 3.07 bits per heavy atom. The van der Waals surface area contributed by atoms with E-state index in [4.69, 9.17) is 10.00 Å². The molecule has 84 valence electrons. The molecule has 1 heterocycles. The molecule has 1 unspecified atom stereocenters. The molecule has 1 saturated heterocycles. The van der Waals surface area contributed by atoms with E-state index in [9.17, 15) is 4.79 Å². The van der Waals surface area contributed by atoms with Crippen molar-refractivity contribution in [2.45, 2.75) is 25.9 Å². The summed E-state index contributed by atoms with van der Waals surface area (Å²) >= 11 is 0. The predicted octanol–water partition coefficient (Wildman–Crippen LogP) is -0.265. The standard InChI is InChI=1S/C10H17N3O2/c1-8(2)12-10(14)6-13-3-4-15-7-9(13)5-11/h8-9H,3-4,6-7H2,1-2H3,(H,12,14). The van der Waals surface area contributed by atoms with Crippen molar-refractivity contribution < 1.29 is 9.53 Å². The first kappa shape index (κ1) is 12.0. The van der Waals surface area contributed by atoms with Gasteiger partial charge in [0.2, 0.25) is 5.91 Å². The van der Waals surface area contributed by atoms with Gasteiger partial charge in [-0.15, -0.1) is 0 Å². The zero-order valence-corrected chi connectivity index (χ0v) is 9.19. The quantitative estimate of drug-likeness (QED) is 0.698. The third-order valence-corrected chi connectivity index (χ3v) is 2.18. The molecule has 1 atom stereocenters. The van der Waals surface area contributed by atoms with Crippen molar-refractivity contribution in [3.05, 3.63) is 0 Å². The molecule has 15 heavy (non-hydrogen) atoms. The molecule has 0 saturated carbocycles. The Hall–Kier alpha value is -1.12. The maximum Gasteiger partial charge on any atom is 0.234 e. The van der Waals surface area contributed by atoms with Gasteiger partial charge in [0, 0.05) is 12.6 Å². The van der Waals surface area contributed by atoms with Crippen molar-refractivity contribution in [2.75, 3.05) is 26.3 Å². The fraction of sp³-hybridized carbons (Fsp3) is 0.800. The number of hydrogen-bond donors (Lipinski definition) is 1. The zero-order valence-electron chi connectivity index (χ0n) is 9.19. The van der Waals surface area contributed by atoms with Crippen LogP contribution in [-0.4, -0.2) is 49.2 Å². The highest BCUT2D eigenvalue weighted by Crippen LogP contribution is 2.05. The zero-order chi connectivity index (χ0) is 11.3. The molecule has 0 spiro atoms. The van der Waals surface area contributed by atoms with Crippen molar-refractivity contribution in [3.8, 4) is 6.07 Å². The molecule has 0 bridgehead atoms. The van der Waals surface area contributed by atoms with Gasteiger partial charge < -0.3 is 10.1 Å². The van der Waals surface area contributed by atoms with E-state index in [0.717, 1.165) is 0 Å². The summed E-state index contributed by atoms with van der Waals surface area (Å²) < 4.78 is 5.17. The van der Waals surface area contributed by atoms with Crippen molar-refractivity contribution in [3.63, 3.8) is 0 Å². The second-order valence-electron chi connectivity index (χ2n) is 3.91. The van der Waals surface area contributed by atoms with Gasteiger partial charge in [-0.25, -0.2) is 0 Å². The van der Waals surface area contributed by atoms with Crippen LogP contribution >= 0.6 is 0 Å². The largest absolute Gasteiger partial charge is 0.377 e. The molecule has 1 amide bonds. The number of rotatable bonds is 3. The first-order valence-electron chi connectivity index (χ1n) is 5.14. The fourth-order valence-corrected chi connectivity index (χ4v) is 1.50. The van der Waals surface area contributed by atoms with Gasteiger partial charge in [-0.3, -0.25) is 9.69 Å². The third kappa shape index (κ3) is 3.86. The number of carbonyl (C=O) groups is 1. The van der Waals surface area contributed by atoms with E-state index in [1.807, 2.05) is 18.7 Å². The normalized spacial score (nSPS) is 22.4. The van der Waals surface area contributed by atoms with E-state index in [1.54, 1.807) is 0 Å². The Balaban J connectivity index is 2.42. The molecule has 0 aromatic heterocycles. The van der Waals surface area contributed by atoms with Gasteiger partial charge in [0.25, 0.3) is 0 Å². The lowest BCUT2D eigenvalue weighted by molar-refractivity contribution is -0.124. The van der Waals surface area contributed by atoms with Gasteiger partial charge in [-0.1, -0.05) is 0 Å². The minimum atomic E-state index is -0.295. The minimum Gasteiger partial charge on any atom is -0.377 e. The first-order chi connectivity index (χ1) is 7.13. The number of amides is 1. The Morgan fingerprint density at radius 2 is 2.47 bits per heavy atom. The molecule has 1 N–H and O–H groups in total. The van der Waals surface area contributed by atoms with Gasteiger partial charge in [-0.05, 0) is 13.8 Å². The van der Waals surface area contributed by atoms with Gasteiger partial charge >= 0.3 is 0 Å². The lowest BCUT2D eigenvalue weighted by Crippen LogP contribution is -2.49. The maximum atomic E-state index is 11.5. The lowest BCUT2D eigenvalue weighted by atomic mass is 10.2. The summed E-state index contributed by atoms with van der Waals surface area (Å²) in [7, 11) is 0. The highest BCUT2D eigenvalue weighted by atomic mass is 16.5. The Kier molecular flexibility index (Phi) is 4.53. The number of nitrogens with one attached hydrogen (secondary N) is 1. The van der Waals surface area contributed by atoms with Crippen LogP contribution in [0.3, 0.4) is 0 Å². The molecule has 5 heteroatoms. The number of nitriles is 1. The van der Waals surface area contributed by atoms with E-state index in [1.165, 1.54) is 0 Å². The maximum absolute atomic E-state index is 11.5. The van der Waals surface area contributed by atoms with Crippen LogP contribution in [0.4, 0.5) is 0 Å². The minimum absolute atomic E-state index is 0.0350. The summed E-state index contributed by atoms with van der Waals surface area (Å²) in [5, 5.41) is 11.7. The summed E-state index contributed by atoms with van der Waals surface area (Å²) in [5.41, 5.74) is 0. The van der Waals surface area contributed by atoms with Crippen LogP contribution in [-0.2, 0) is 9.53 Å². The molecule has 1 fully saturated rings. The van der Waals surface area contributed by atoms with Crippen molar-refractivity contribution >= 4 is 5.91 Å². The van der Waals surface area contributed by atoms with Crippen molar-refractivity contribution in [1.82, 2.24) is 10.2 Å². The molecule has 1 rings (SSSR count). The highest BCUT2D eigenvalue weighted by Gasteiger charge is 2.24. The number of morpholine rings is 1. The lowest BCUT2D eigenvalue weighted by Gasteiger charge is -2.30. The predicted molar refractivity (Wildman–Crippen MR) is 55.1 cm³/mol. The molecule has 0 radical (unpaired) electrons. The average molecular weight is 211 g/mol. The first-order valence-corrected chi connectivity index (χ1v) is 5.14. The van der Waals surface area contributed by atoms with Crippen LogP contribution in [0, 0.1) is 11.3 Å². The highest BCUT2D eigenvalue weighted by molar-refractivity contribution is 5.78. The monoisotopic (exact) mass is 211 g/mol. The van der Waals surface area contributed by atoms with E-state index >= 15 is 0 Å². The average Bonchev–Trinajstić information content (AvgIpc) is 2.17. The van der Waals surface area contributed by atoms with E-state index in [0.29, 0.717) is 19.8 Å². The molecule has 0 aromatic carbocycles. The van der Waals surface area contributed by atoms with Crippen LogP contribution < -0.4 is 5.32 Å². The smallest absolute Gasteiger partial charge is 0.234 e. The van der Waals surface area contributed by atoms with Crippen LogP contribution in [0.25, 0.3) is 0 Å². The van der Waals surface area contributed by atoms with E-state index in [2.05, 4.69) is 11.4 Å². The Labute approximate surface area is 90.0 Å². The number of carbonyl (C=O) groups excluding carboxylic acids is 1. The second kappa shape index (κ2) is 5.69. The van der Waals surface area contributed by atoms with Crippen molar-refractivity contribution in [1.29, 1.82) is 5.26 Å². The molecular weight excluding hydrogens is 194 g/mol. The van der Waals surface area contributed by atoms with Crippen LogP contribution in [0.15, 0.2) is 0 Å². The summed E-state index contributed by atoms with van der Waals surface area (Å²) in [6.07, 6.45) is 0. The third-order valence-electron chi connectivity index (χ3n) is 2.18. The molecule has 1 aliphatic rings. The van der Waals surface area contributed by atoms with Crippen LogP contribution in [0.5, 0.6) is 0 Å². The summed E-state index contributed by atoms with van der Waals surface area (Å²) in [6.45, 7) is 5.74. The van der Waals surface area contributed by atoms with Crippen LogP contribution in [0.1, 0.15) is 13.8 Å². The summed E-state index contributed by atoms with van der Waals surface area (Å²) in [6, 6.07) is 1.98. The van der Waals surface area contributed by atoms with Gasteiger partial charge in [0.05, 0.1) is 25.8 Å². The van der Waals surface area contributed by atoms with Gasteiger partial charge in [-0.2, -0.15) is 5.26 Å². The fourth-order valence-electron chi connectivity index (χ4n) is 1.50. The number of nitrogens with zero attached hydrogens (tertiary/aromatic N) is 2. The molecule has 5 nitrogen and oxygen atoms in total. The second-order valence-corrected chi connectivity index (χ2v) is 3.91. The summed E-state index contributed by atoms with van der Waals surface area (Å²) in [5.74, 6) is -0.0350. The molecule has 1 aliphatic heterocycles. The number of hydrogen-bond acceptors (Lipinski definition) is 4. The van der Waals surface area contributed by atoms with Gasteiger partial charge in [0.15, 0.2) is 0 Å². The molecular formula is C10H17N3O2. The Morgan fingerprint density at radius 1 is 1.73 bits per heavy atom. The van der Waals surface area contributed by atoms with E-state index in [-0.39, 0.29) is 24.5 Å². The van der Waals surface area contributed by atoms with Gasteiger partial charge in [0.1, 0.15) is 6.04 Å². The van der Waals surface area contributed by atoms with Crippen LogP contribution in [0.2, 0.25) is 0 Å². The topological polar surface area (TPSA) is 65.4 Å². The number of ether oxygens (including phenoxy) is 1. The summed E-state index contributed by atoms with van der Waals surface area (Å²) in [4.78, 5) is 13.3. The van der Waals surface area contributed by atoms with E-state index < -0.39 is 0 Å². The Bertz CT molecular complexity index is 260.